The van der Waals surface area contributed by atoms with E-state index in [-0.39, 0.29) is 5.41 Å². The second-order valence-electron chi connectivity index (χ2n) is 10.4. The summed E-state index contributed by atoms with van der Waals surface area (Å²) in [6.07, 6.45) is 9.53. The molecule has 0 aliphatic heterocycles. The largest absolute Gasteiger partial charge is 0.417 e. The second kappa shape index (κ2) is 9.34. The van der Waals surface area contributed by atoms with E-state index >= 15 is 0 Å². The topological polar surface area (TPSA) is 18.5 Å². The van der Waals surface area contributed by atoms with E-state index in [4.69, 9.17) is 8.85 Å². The first-order chi connectivity index (χ1) is 10.9. The minimum atomic E-state index is -1.51. The lowest BCUT2D eigenvalue weighted by Crippen LogP contribution is -2.46. The average Bonchev–Trinajstić information content (AvgIpc) is 2.46. The monoisotopic (exact) mass is 372 g/mol. The van der Waals surface area contributed by atoms with Crippen molar-refractivity contribution in [3.63, 3.8) is 0 Å². The Morgan fingerprint density at radius 2 is 1.29 bits per heavy atom. The van der Waals surface area contributed by atoms with Gasteiger partial charge in [0, 0.05) is 18.6 Å². The molecule has 144 valence electrons. The van der Waals surface area contributed by atoms with E-state index < -0.39 is 16.6 Å². The summed E-state index contributed by atoms with van der Waals surface area (Å²) in [5.41, 5.74) is 0.241. The summed E-state index contributed by atoms with van der Waals surface area (Å²) < 4.78 is 13.0. The van der Waals surface area contributed by atoms with Gasteiger partial charge in [-0.05, 0) is 70.4 Å². The van der Waals surface area contributed by atoms with Gasteiger partial charge in [-0.3, -0.25) is 0 Å². The normalized spacial score (nSPS) is 18.4. The van der Waals surface area contributed by atoms with Crippen LogP contribution in [0.4, 0.5) is 0 Å². The molecule has 0 N–H and O–H groups in total. The van der Waals surface area contributed by atoms with Crippen LogP contribution in [0.1, 0.15) is 58.8 Å². The zero-order valence-electron chi connectivity index (χ0n) is 17.8. The summed E-state index contributed by atoms with van der Waals surface area (Å²) in [5, 5.41) is 0. The Hall–Kier alpha value is 0.354. The summed E-state index contributed by atoms with van der Waals surface area (Å²) >= 11 is 0. The predicted molar refractivity (Wildman–Crippen MR) is 112 cm³/mol. The van der Waals surface area contributed by atoms with Crippen molar-refractivity contribution in [1.82, 2.24) is 0 Å². The fourth-order valence-electron chi connectivity index (χ4n) is 3.64. The molecule has 1 aliphatic carbocycles. The number of rotatable bonds is 10. The van der Waals surface area contributed by atoms with Gasteiger partial charge in [-0.1, -0.05) is 39.5 Å². The molecule has 0 atom stereocenters. The standard InChI is InChI=1S/C20H44O2Si2/c1-18(2)14-15-20(16-21-23(3,4)5,17-22-24(6,7)8)19-12-10-9-11-13-19/h18-19H,9-17H2,1-8H3. The van der Waals surface area contributed by atoms with Crippen LogP contribution in [0.25, 0.3) is 0 Å². The highest BCUT2D eigenvalue weighted by Crippen LogP contribution is 2.44. The van der Waals surface area contributed by atoms with Gasteiger partial charge < -0.3 is 8.85 Å². The molecule has 0 unspecified atom stereocenters. The third kappa shape index (κ3) is 8.64. The molecule has 0 heterocycles. The molecule has 1 saturated carbocycles. The van der Waals surface area contributed by atoms with E-state index in [2.05, 4.69) is 53.1 Å². The van der Waals surface area contributed by atoms with Gasteiger partial charge in [0.25, 0.3) is 0 Å². The van der Waals surface area contributed by atoms with Crippen LogP contribution in [0.2, 0.25) is 39.3 Å². The molecule has 1 aliphatic rings. The Balaban J connectivity index is 2.98. The van der Waals surface area contributed by atoms with Crippen LogP contribution in [0.15, 0.2) is 0 Å². The highest BCUT2D eigenvalue weighted by molar-refractivity contribution is 6.70. The minimum Gasteiger partial charge on any atom is -0.417 e. The first kappa shape index (κ1) is 22.4. The highest BCUT2D eigenvalue weighted by atomic mass is 28.4. The molecule has 24 heavy (non-hydrogen) atoms. The molecule has 0 aromatic heterocycles. The number of hydrogen-bond acceptors (Lipinski definition) is 2. The quantitative estimate of drug-likeness (QED) is 0.397. The van der Waals surface area contributed by atoms with Crippen LogP contribution in [-0.2, 0) is 8.85 Å². The van der Waals surface area contributed by atoms with Crippen molar-refractivity contribution in [3.05, 3.63) is 0 Å². The SMILES string of the molecule is CC(C)CCC(CO[Si](C)(C)C)(CO[Si](C)(C)C)C1CCCCC1. The van der Waals surface area contributed by atoms with Crippen molar-refractivity contribution in [3.8, 4) is 0 Å². The molecule has 0 amide bonds. The molecule has 0 radical (unpaired) electrons. The molecule has 4 heteroatoms. The zero-order chi connectivity index (χ0) is 18.4. The lowest BCUT2D eigenvalue weighted by molar-refractivity contribution is -0.00866. The molecule has 1 rings (SSSR count). The van der Waals surface area contributed by atoms with Gasteiger partial charge in [-0.25, -0.2) is 0 Å². The van der Waals surface area contributed by atoms with E-state index in [0.29, 0.717) is 0 Å². The maximum atomic E-state index is 6.52. The summed E-state index contributed by atoms with van der Waals surface area (Å²) in [6, 6.07) is 0. The van der Waals surface area contributed by atoms with Gasteiger partial charge in [-0.2, -0.15) is 0 Å². The van der Waals surface area contributed by atoms with Crippen molar-refractivity contribution in [2.24, 2.45) is 17.3 Å². The van der Waals surface area contributed by atoms with E-state index in [1.165, 1.54) is 44.9 Å². The molecule has 0 aromatic carbocycles. The van der Waals surface area contributed by atoms with Crippen LogP contribution in [-0.4, -0.2) is 29.8 Å². The summed E-state index contributed by atoms with van der Waals surface area (Å²) in [6.45, 7) is 20.5. The number of hydrogen-bond donors (Lipinski definition) is 0. The lowest BCUT2D eigenvalue weighted by atomic mass is 9.66. The van der Waals surface area contributed by atoms with Crippen LogP contribution >= 0.6 is 0 Å². The van der Waals surface area contributed by atoms with Crippen LogP contribution in [0.5, 0.6) is 0 Å². The third-order valence-corrected chi connectivity index (χ3v) is 7.30. The smallest absolute Gasteiger partial charge is 0.183 e. The van der Waals surface area contributed by atoms with Crippen LogP contribution in [0, 0.1) is 17.3 Å². The maximum Gasteiger partial charge on any atom is 0.183 e. The Labute approximate surface area is 154 Å². The van der Waals surface area contributed by atoms with Crippen molar-refractivity contribution in [2.45, 2.75) is 98.1 Å². The first-order valence-electron chi connectivity index (χ1n) is 10.2. The Morgan fingerprint density at radius 3 is 1.67 bits per heavy atom. The zero-order valence-corrected chi connectivity index (χ0v) is 19.8. The van der Waals surface area contributed by atoms with Crippen LogP contribution in [0.3, 0.4) is 0 Å². The lowest BCUT2D eigenvalue weighted by Gasteiger charge is -2.45. The molecule has 2 nitrogen and oxygen atoms in total. The van der Waals surface area contributed by atoms with E-state index in [1.54, 1.807) is 0 Å². The maximum absolute atomic E-state index is 6.52. The van der Waals surface area contributed by atoms with E-state index in [9.17, 15) is 0 Å². The molecule has 0 aromatic rings. The van der Waals surface area contributed by atoms with Gasteiger partial charge >= 0.3 is 0 Å². The molecule has 1 fully saturated rings. The average molecular weight is 373 g/mol. The molecule has 0 saturated heterocycles. The third-order valence-electron chi connectivity index (χ3n) is 5.28. The Kier molecular flexibility index (Phi) is 8.71. The van der Waals surface area contributed by atoms with Gasteiger partial charge in [0.05, 0.1) is 0 Å². The second-order valence-corrected chi connectivity index (χ2v) is 19.5. The fourth-order valence-corrected chi connectivity index (χ4v) is 5.08. The van der Waals surface area contributed by atoms with E-state index in [1.807, 2.05) is 0 Å². The predicted octanol–water partition coefficient (Wildman–Crippen LogP) is 6.69. The summed E-state index contributed by atoms with van der Waals surface area (Å²) in [7, 11) is -3.01. The van der Waals surface area contributed by atoms with Gasteiger partial charge in [-0.15, -0.1) is 0 Å². The highest BCUT2D eigenvalue weighted by Gasteiger charge is 2.41. The first-order valence-corrected chi connectivity index (χ1v) is 17.0. The molecular weight excluding hydrogens is 328 g/mol. The van der Waals surface area contributed by atoms with Crippen molar-refractivity contribution < 1.29 is 8.85 Å². The van der Waals surface area contributed by atoms with E-state index in [0.717, 1.165) is 25.0 Å². The van der Waals surface area contributed by atoms with Crippen molar-refractivity contribution >= 4 is 16.6 Å². The Morgan fingerprint density at radius 1 is 0.833 bits per heavy atom. The Bertz CT molecular complexity index is 332. The van der Waals surface area contributed by atoms with Crippen molar-refractivity contribution in [1.29, 1.82) is 0 Å². The van der Waals surface area contributed by atoms with Crippen molar-refractivity contribution in [2.75, 3.05) is 13.2 Å². The fraction of sp³-hybridized carbons (Fsp3) is 1.00. The van der Waals surface area contributed by atoms with Gasteiger partial charge in [0.1, 0.15) is 0 Å². The minimum absolute atomic E-state index is 0.241. The molecule has 0 spiro atoms. The summed E-state index contributed by atoms with van der Waals surface area (Å²) in [5.74, 6) is 1.55. The molecule has 0 bridgehead atoms. The van der Waals surface area contributed by atoms with Gasteiger partial charge in [0.15, 0.2) is 16.6 Å². The molecular formula is C20H44O2Si2. The van der Waals surface area contributed by atoms with Crippen LogP contribution < -0.4 is 0 Å². The summed E-state index contributed by atoms with van der Waals surface area (Å²) in [4.78, 5) is 0. The van der Waals surface area contributed by atoms with Gasteiger partial charge in [0.2, 0.25) is 0 Å².